The Morgan fingerprint density at radius 1 is 1.00 bits per heavy atom. The third-order valence-corrected chi connectivity index (χ3v) is 2.94. The second-order valence-corrected chi connectivity index (χ2v) is 4.39. The van der Waals surface area contributed by atoms with Crippen molar-refractivity contribution in [1.29, 1.82) is 0 Å². The lowest BCUT2D eigenvalue weighted by Gasteiger charge is -2.13. The predicted molar refractivity (Wildman–Crippen MR) is 84.4 cm³/mol. The van der Waals surface area contributed by atoms with Gasteiger partial charge in [0.05, 0.1) is 6.54 Å². The summed E-state index contributed by atoms with van der Waals surface area (Å²) in [5, 5.41) is 3.57. The molecule has 2 aromatic rings. The Kier molecular flexibility index (Phi) is 5.74. The van der Waals surface area contributed by atoms with E-state index in [-0.39, 0.29) is 13.2 Å². The Bertz CT molecular complexity index is 716. The van der Waals surface area contributed by atoms with Crippen LogP contribution >= 0.6 is 0 Å². The molecule has 110 valence electrons. The van der Waals surface area contributed by atoms with Crippen LogP contribution in [0.25, 0.3) is 10.4 Å². The lowest BCUT2D eigenvalue weighted by molar-refractivity contribution is 0.289. The van der Waals surface area contributed by atoms with Crippen LogP contribution in [-0.4, -0.2) is 6.61 Å². The molecule has 0 bridgehead atoms. The Morgan fingerprint density at radius 3 is 2.32 bits per heavy atom. The second-order valence-electron chi connectivity index (χ2n) is 4.39. The number of benzene rings is 2. The quantitative estimate of drug-likeness (QED) is 0.334. The molecule has 0 saturated carbocycles. The molecule has 2 aromatic carbocycles. The van der Waals surface area contributed by atoms with Gasteiger partial charge >= 0.3 is 0 Å². The van der Waals surface area contributed by atoms with Crippen LogP contribution in [-0.2, 0) is 13.2 Å². The maximum atomic E-state index is 8.43. The molecule has 2 rings (SSSR count). The first-order chi connectivity index (χ1) is 10.8. The lowest BCUT2D eigenvalue weighted by Crippen LogP contribution is -2.02. The van der Waals surface area contributed by atoms with E-state index in [0.717, 1.165) is 11.1 Å². The molecule has 0 fully saturated rings. The first-order valence-electron chi connectivity index (χ1n) is 6.71. The van der Waals surface area contributed by atoms with E-state index in [1.54, 1.807) is 0 Å². The minimum Gasteiger partial charge on any atom is -0.488 e. The smallest absolute Gasteiger partial charge is 0.148 e. The number of hydrogen-bond acceptors (Lipinski definition) is 3. The standard InChI is InChI=1S/C17H15N3O2/c1-2-11-21-17-10-6-4-8-15(17)13-22-16-9-5-3-7-14(16)12-19-20-18/h1,3-10H,11-13H2. The van der Waals surface area contributed by atoms with E-state index in [0.29, 0.717) is 18.1 Å². The van der Waals surface area contributed by atoms with Crippen LogP contribution in [0.5, 0.6) is 11.5 Å². The number of rotatable bonds is 7. The highest BCUT2D eigenvalue weighted by Crippen LogP contribution is 2.23. The monoisotopic (exact) mass is 293 g/mol. The Labute approximate surface area is 129 Å². The zero-order chi connectivity index (χ0) is 15.6. The van der Waals surface area contributed by atoms with Crippen LogP contribution in [0.1, 0.15) is 11.1 Å². The van der Waals surface area contributed by atoms with Crippen molar-refractivity contribution in [2.75, 3.05) is 6.61 Å². The van der Waals surface area contributed by atoms with Crippen LogP contribution in [0.3, 0.4) is 0 Å². The van der Waals surface area contributed by atoms with Gasteiger partial charge in [0.25, 0.3) is 0 Å². The number of hydrogen-bond donors (Lipinski definition) is 0. The fourth-order valence-electron chi connectivity index (χ4n) is 1.92. The van der Waals surface area contributed by atoms with Crippen molar-refractivity contribution >= 4 is 0 Å². The average molecular weight is 293 g/mol. The fraction of sp³-hybridized carbons (Fsp3) is 0.176. The van der Waals surface area contributed by atoms with Crippen molar-refractivity contribution in [2.45, 2.75) is 13.2 Å². The van der Waals surface area contributed by atoms with Crippen molar-refractivity contribution in [3.05, 3.63) is 70.1 Å². The lowest BCUT2D eigenvalue weighted by atomic mass is 10.2. The van der Waals surface area contributed by atoms with Crippen LogP contribution in [0.4, 0.5) is 0 Å². The molecule has 0 aromatic heterocycles. The Hall–Kier alpha value is -3.09. The van der Waals surface area contributed by atoms with Gasteiger partial charge in [0, 0.05) is 10.5 Å². The molecular formula is C17H15N3O2. The van der Waals surface area contributed by atoms with Crippen LogP contribution in [0.15, 0.2) is 53.6 Å². The van der Waals surface area contributed by atoms with Gasteiger partial charge in [-0.1, -0.05) is 47.4 Å². The van der Waals surface area contributed by atoms with Crippen molar-refractivity contribution < 1.29 is 9.47 Å². The van der Waals surface area contributed by atoms with Crippen molar-refractivity contribution in [2.24, 2.45) is 5.11 Å². The van der Waals surface area contributed by atoms with E-state index >= 15 is 0 Å². The molecule has 0 aliphatic carbocycles. The summed E-state index contributed by atoms with van der Waals surface area (Å²) < 4.78 is 11.3. The normalized spacial score (nSPS) is 9.41. The van der Waals surface area contributed by atoms with Crippen LogP contribution in [0, 0.1) is 12.3 Å². The molecule has 0 radical (unpaired) electrons. The minimum absolute atomic E-state index is 0.213. The summed E-state index contributed by atoms with van der Waals surface area (Å²) >= 11 is 0. The third kappa shape index (κ3) is 4.20. The summed E-state index contributed by atoms with van der Waals surface area (Å²) in [6.45, 7) is 0.806. The maximum absolute atomic E-state index is 8.43. The van der Waals surface area contributed by atoms with E-state index in [2.05, 4.69) is 15.9 Å². The van der Waals surface area contributed by atoms with E-state index < -0.39 is 0 Å². The van der Waals surface area contributed by atoms with E-state index in [9.17, 15) is 0 Å². The third-order valence-electron chi connectivity index (χ3n) is 2.94. The topological polar surface area (TPSA) is 67.2 Å². The zero-order valence-corrected chi connectivity index (χ0v) is 12.0. The van der Waals surface area contributed by atoms with Gasteiger partial charge < -0.3 is 9.47 Å². The molecule has 0 atom stereocenters. The number of ether oxygens (including phenoxy) is 2. The van der Waals surface area contributed by atoms with Gasteiger partial charge in [0.2, 0.25) is 0 Å². The maximum Gasteiger partial charge on any atom is 0.148 e. The summed E-state index contributed by atoms with van der Waals surface area (Å²) in [6, 6.07) is 15.0. The summed E-state index contributed by atoms with van der Waals surface area (Å²) in [6.07, 6.45) is 5.21. The van der Waals surface area contributed by atoms with Crippen molar-refractivity contribution in [3.63, 3.8) is 0 Å². The van der Waals surface area contributed by atoms with E-state index in [4.69, 9.17) is 21.4 Å². The summed E-state index contributed by atoms with van der Waals surface area (Å²) in [4.78, 5) is 2.77. The summed E-state index contributed by atoms with van der Waals surface area (Å²) in [5.74, 6) is 3.82. The molecule has 5 nitrogen and oxygen atoms in total. The van der Waals surface area contributed by atoms with Gasteiger partial charge in [-0.25, -0.2) is 0 Å². The summed E-state index contributed by atoms with van der Waals surface area (Å²) in [5.41, 5.74) is 10.2. The average Bonchev–Trinajstić information content (AvgIpc) is 2.57. The highest BCUT2D eigenvalue weighted by molar-refractivity contribution is 5.36. The Balaban J connectivity index is 2.10. The van der Waals surface area contributed by atoms with E-state index in [1.165, 1.54) is 0 Å². The number of terminal acetylenes is 1. The molecule has 0 unspecified atom stereocenters. The number of nitrogens with zero attached hydrogens (tertiary/aromatic N) is 3. The predicted octanol–water partition coefficient (Wildman–Crippen LogP) is 4.09. The molecule has 0 aliphatic rings. The van der Waals surface area contributed by atoms with Crippen LogP contribution in [0.2, 0.25) is 0 Å². The van der Waals surface area contributed by atoms with Gasteiger partial charge in [-0.3, -0.25) is 0 Å². The van der Waals surface area contributed by atoms with Crippen molar-refractivity contribution in [1.82, 2.24) is 0 Å². The highest BCUT2D eigenvalue weighted by Gasteiger charge is 2.06. The highest BCUT2D eigenvalue weighted by atomic mass is 16.5. The molecule has 0 N–H and O–H groups in total. The van der Waals surface area contributed by atoms with Gasteiger partial charge in [-0.2, -0.15) is 0 Å². The molecule has 0 heterocycles. The molecule has 0 amide bonds. The molecule has 0 saturated heterocycles. The molecule has 0 aliphatic heterocycles. The molecule has 22 heavy (non-hydrogen) atoms. The number of azide groups is 1. The van der Waals surface area contributed by atoms with Gasteiger partial charge in [0.1, 0.15) is 24.7 Å². The van der Waals surface area contributed by atoms with E-state index in [1.807, 2.05) is 48.5 Å². The first kappa shape index (κ1) is 15.3. The Morgan fingerprint density at radius 2 is 1.64 bits per heavy atom. The second kappa shape index (κ2) is 8.25. The fourth-order valence-corrected chi connectivity index (χ4v) is 1.92. The SMILES string of the molecule is C#CCOc1ccccc1COc1ccccc1CN=[N+]=[N-]. The van der Waals surface area contributed by atoms with Gasteiger partial charge in [-0.05, 0) is 23.2 Å². The van der Waals surface area contributed by atoms with Crippen LogP contribution < -0.4 is 9.47 Å². The minimum atomic E-state index is 0.213. The number of para-hydroxylation sites is 2. The van der Waals surface area contributed by atoms with Crippen molar-refractivity contribution in [3.8, 4) is 23.8 Å². The molecular weight excluding hydrogens is 278 g/mol. The first-order valence-corrected chi connectivity index (χ1v) is 6.71. The molecule has 0 spiro atoms. The zero-order valence-electron chi connectivity index (χ0n) is 12.0. The largest absolute Gasteiger partial charge is 0.488 e. The van der Waals surface area contributed by atoms with Gasteiger partial charge in [0.15, 0.2) is 0 Å². The van der Waals surface area contributed by atoms with Gasteiger partial charge in [-0.15, -0.1) is 6.42 Å². The molecule has 5 heteroatoms. The summed E-state index contributed by atoms with van der Waals surface area (Å²) in [7, 11) is 0.